The number of methoxy groups -OCH3 is 2. The number of ether oxygens (including phenoxy) is 2. The SMILES string of the molecule is COc1ccc([C](C)c2cccc(OC)c2)cc1. The van der Waals surface area contributed by atoms with E-state index in [4.69, 9.17) is 9.47 Å². The van der Waals surface area contributed by atoms with E-state index in [0.717, 1.165) is 11.5 Å². The molecule has 0 N–H and O–H groups in total. The first-order chi connectivity index (χ1) is 8.74. The maximum absolute atomic E-state index is 5.24. The zero-order chi connectivity index (χ0) is 13.0. The van der Waals surface area contributed by atoms with Gasteiger partial charge in [-0.15, -0.1) is 0 Å². The first-order valence-corrected chi connectivity index (χ1v) is 5.87. The van der Waals surface area contributed by atoms with Crippen LogP contribution in [0.25, 0.3) is 0 Å². The molecule has 0 aliphatic heterocycles. The molecule has 0 amide bonds. The van der Waals surface area contributed by atoms with Crippen molar-refractivity contribution in [1.29, 1.82) is 0 Å². The van der Waals surface area contributed by atoms with Crippen LogP contribution >= 0.6 is 0 Å². The van der Waals surface area contributed by atoms with Gasteiger partial charge >= 0.3 is 0 Å². The molecule has 0 bridgehead atoms. The average Bonchev–Trinajstić information content (AvgIpc) is 2.46. The van der Waals surface area contributed by atoms with Crippen molar-refractivity contribution in [3.63, 3.8) is 0 Å². The van der Waals surface area contributed by atoms with E-state index in [2.05, 4.69) is 25.1 Å². The van der Waals surface area contributed by atoms with Gasteiger partial charge in [0.05, 0.1) is 14.2 Å². The fourth-order valence-corrected chi connectivity index (χ4v) is 1.86. The van der Waals surface area contributed by atoms with Crippen molar-refractivity contribution in [2.24, 2.45) is 0 Å². The predicted molar refractivity (Wildman–Crippen MR) is 73.1 cm³/mol. The van der Waals surface area contributed by atoms with Gasteiger partial charge in [0, 0.05) is 5.92 Å². The van der Waals surface area contributed by atoms with Crippen molar-refractivity contribution >= 4 is 0 Å². The molecular weight excluding hydrogens is 224 g/mol. The molecule has 0 aromatic heterocycles. The van der Waals surface area contributed by atoms with E-state index < -0.39 is 0 Å². The van der Waals surface area contributed by atoms with Gasteiger partial charge in [0.1, 0.15) is 11.5 Å². The smallest absolute Gasteiger partial charge is 0.119 e. The summed E-state index contributed by atoms with van der Waals surface area (Å²) in [6, 6.07) is 16.1. The Bertz CT molecular complexity index is 503. The maximum atomic E-state index is 5.24. The van der Waals surface area contributed by atoms with E-state index in [1.54, 1.807) is 14.2 Å². The molecule has 0 saturated carbocycles. The molecule has 2 heteroatoms. The largest absolute Gasteiger partial charge is 0.497 e. The Morgan fingerprint density at radius 1 is 0.778 bits per heavy atom. The van der Waals surface area contributed by atoms with Crippen LogP contribution in [0.1, 0.15) is 18.1 Å². The lowest BCUT2D eigenvalue weighted by atomic mass is 9.93. The highest BCUT2D eigenvalue weighted by atomic mass is 16.5. The summed E-state index contributed by atoms with van der Waals surface area (Å²) in [4.78, 5) is 0. The standard InChI is InChI=1S/C16H17O2/c1-12(13-7-9-15(17-2)10-8-13)14-5-4-6-16(11-14)18-3/h4-11H,1-3H3. The molecule has 2 aromatic carbocycles. The molecule has 2 rings (SSSR count). The highest BCUT2D eigenvalue weighted by molar-refractivity contribution is 5.48. The molecule has 1 radical (unpaired) electrons. The van der Waals surface area contributed by atoms with Crippen LogP contribution in [0.4, 0.5) is 0 Å². The minimum Gasteiger partial charge on any atom is -0.497 e. The molecule has 0 fully saturated rings. The highest BCUT2D eigenvalue weighted by Gasteiger charge is 2.10. The topological polar surface area (TPSA) is 18.5 Å². The van der Waals surface area contributed by atoms with Crippen LogP contribution in [-0.4, -0.2) is 14.2 Å². The normalized spacial score (nSPS) is 10.4. The van der Waals surface area contributed by atoms with E-state index in [0.29, 0.717) is 0 Å². The van der Waals surface area contributed by atoms with Gasteiger partial charge in [-0.1, -0.05) is 31.2 Å². The molecule has 0 unspecified atom stereocenters. The van der Waals surface area contributed by atoms with Crippen molar-refractivity contribution in [2.45, 2.75) is 6.92 Å². The highest BCUT2D eigenvalue weighted by Crippen LogP contribution is 2.27. The molecule has 2 aromatic rings. The van der Waals surface area contributed by atoms with Gasteiger partial charge in [0.2, 0.25) is 0 Å². The van der Waals surface area contributed by atoms with Gasteiger partial charge in [-0.05, 0) is 35.4 Å². The fourth-order valence-electron chi connectivity index (χ4n) is 1.86. The summed E-state index contributed by atoms with van der Waals surface area (Å²) < 4.78 is 10.4. The van der Waals surface area contributed by atoms with Gasteiger partial charge in [-0.3, -0.25) is 0 Å². The second-order valence-electron chi connectivity index (χ2n) is 4.09. The van der Waals surface area contributed by atoms with Gasteiger partial charge < -0.3 is 9.47 Å². The molecule has 0 heterocycles. The molecule has 0 aliphatic rings. The molecule has 0 atom stereocenters. The van der Waals surface area contributed by atoms with Crippen LogP contribution in [0, 0.1) is 5.92 Å². The van der Waals surface area contributed by atoms with Crippen molar-refractivity contribution in [1.82, 2.24) is 0 Å². The minimum absolute atomic E-state index is 0.872. The summed E-state index contributed by atoms with van der Waals surface area (Å²) in [6.07, 6.45) is 0. The third-order valence-corrected chi connectivity index (χ3v) is 3.03. The lowest BCUT2D eigenvalue weighted by Gasteiger charge is -2.13. The summed E-state index contributed by atoms with van der Waals surface area (Å²) in [7, 11) is 3.36. The summed E-state index contributed by atoms with van der Waals surface area (Å²) in [5.41, 5.74) is 2.35. The van der Waals surface area contributed by atoms with Crippen LogP contribution in [0.3, 0.4) is 0 Å². The second-order valence-corrected chi connectivity index (χ2v) is 4.09. The van der Waals surface area contributed by atoms with Gasteiger partial charge in [0.15, 0.2) is 0 Å². The van der Waals surface area contributed by atoms with Crippen LogP contribution in [-0.2, 0) is 0 Å². The van der Waals surface area contributed by atoms with Crippen molar-refractivity contribution < 1.29 is 9.47 Å². The number of rotatable bonds is 4. The molecule has 93 valence electrons. The van der Waals surface area contributed by atoms with Crippen molar-refractivity contribution in [2.75, 3.05) is 14.2 Å². The third kappa shape index (κ3) is 2.65. The summed E-state index contributed by atoms with van der Waals surface area (Å²) in [5.74, 6) is 2.97. The zero-order valence-electron chi connectivity index (χ0n) is 10.9. The van der Waals surface area contributed by atoms with Crippen molar-refractivity contribution in [3.8, 4) is 11.5 Å². The summed E-state index contributed by atoms with van der Waals surface area (Å²) in [6.45, 7) is 2.11. The molecule has 0 saturated heterocycles. The van der Waals surface area contributed by atoms with E-state index in [1.165, 1.54) is 17.0 Å². The monoisotopic (exact) mass is 241 g/mol. The summed E-state index contributed by atoms with van der Waals surface area (Å²) >= 11 is 0. The van der Waals surface area contributed by atoms with Crippen molar-refractivity contribution in [3.05, 3.63) is 65.6 Å². The second kappa shape index (κ2) is 5.58. The van der Waals surface area contributed by atoms with Crippen LogP contribution < -0.4 is 9.47 Å². The Morgan fingerprint density at radius 2 is 1.44 bits per heavy atom. The fraction of sp³-hybridized carbons (Fsp3) is 0.188. The molecule has 18 heavy (non-hydrogen) atoms. The van der Waals surface area contributed by atoms with Crippen LogP contribution in [0.5, 0.6) is 11.5 Å². The van der Waals surface area contributed by atoms with E-state index >= 15 is 0 Å². The Balaban J connectivity index is 2.25. The maximum Gasteiger partial charge on any atom is 0.119 e. The molecular formula is C16H17O2. The van der Waals surface area contributed by atoms with Gasteiger partial charge in [0.25, 0.3) is 0 Å². The zero-order valence-corrected chi connectivity index (χ0v) is 10.9. The first kappa shape index (κ1) is 12.5. The van der Waals surface area contributed by atoms with Gasteiger partial charge in [-0.25, -0.2) is 0 Å². The minimum atomic E-state index is 0.872. The Hall–Kier alpha value is -1.96. The Morgan fingerprint density at radius 3 is 2.06 bits per heavy atom. The first-order valence-electron chi connectivity index (χ1n) is 5.87. The average molecular weight is 241 g/mol. The third-order valence-electron chi connectivity index (χ3n) is 3.03. The Kier molecular flexibility index (Phi) is 3.88. The van der Waals surface area contributed by atoms with E-state index in [1.807, 2.05) is 30.3 Å². The quantitative estimate of drug-likeness (QED) is 0.812. The van der Waals surface area contributed by atoms with Gasteiger partial charge in [-0.2, -0.15) is 0 Å². The van der Waals surface area contributed by atoms with E-state index in [-0.39, 0.29) is 0 Å². The van der Waals surface area contributed by atoms with Crippen LogP contribution in [0.15, 0.2) is 48.5 Å². The predicted octanol–water partition coefficient (Wildman–Crippen LogP) is 3.69. The molecule has 0 spiro atoms. The number of hydrogen-bond acceptors (Lipinski definition) is 2. The number of benzene rings is 2. The van der Waals surface area contributed by atoms with Crippen LogP contribution in [0.2, 0.25) is 0 Å². The lowest BCUT2D eigenvalue weighted by molar-refractivity contribution is 0.414. The van der Waals surface area contributed by atoms with E-state index in [9.17, 15) is 0 Å². The summed E-state index contributed by atoms with van der Waals surface area (Å²) in [5, 5.41) is 0. The number of hydrogen-bond donors (Lipinski definition) is 0. The Labute approximate surface area is 108 Å². The lowest BCUT2D eigenvalue weighted by Crippen LogP contribution is -1.97. The molecule has 0 aliphatic carbocycles. The molecule has 2 nitrogen and oxygen atoms in total.